The predicted molar refractivity (Wildman–Crippen MR) is 88.3 cm³/mol. The van der Waals surface area contributed by atoms with Crippen LogP contribution in [0.3, 0.4) is 0 Å². The summed E-state index contributed by atoms with van der Waals surface area (Å²) in [5.74, 6) is 0.676. The number of rotatable bonds is 7. The topological polar surface area (TPSA) is 46.9 Å². The first-order valence-electron chi connectivity index (χ1n) is 7.23. The Labute approximate surface area is 131 Å². The molecule has 1 amide bonds. The fourth-order valence-electron chi connectivity index (χ4n) is 2.13. The number of nitrogens with one attached hydrogen (secondary N) is 1. The molecule has 0 aliphatic carbocycles. The van der Waals surface area contributed by atoms with Gasteiger partial charge in [0.2, 0.25) is 5.91 Å². The molecule has 1 aromatic heterocycles. The Hall–Kier alpha value is -2.62. The van der Waals surface area contributed by atoms with Crippen molar-refractivity contribution in [2.45, 2.75) is 26.4 Å². The lowest BCUT2D eigenvalue weighted by Gasteiger charge is -2.09. The molecular formula is C18H21N3O. The van der Waals surface area contributed by atoms with Crippen LogP contribution in [0.5, 0.6) is 0 Å². The molecule has 0 radical (unpaired) electrons. The van der Waals surface area contributed by atoms with Crippen LogP contribution in [0.1, 0.15) is 24.0 Å². The molecule has 1 aromatic carbocycles. The van der Waals surface area contributed by atoms with E-state index in [0.717, 1.165) is 18.1 Å². The van der Waals surface area contributed by atoms with Crippen molar-refractivity contribution in [1.82, 2.24) is 14.9 Å². The third-order valence-corrected chi connectivity index (χ3v) is 3.25. The van der Waals surface area contributed by atoms with E-state index in [-0.39, 0.29) is 5.91 Å². The van der Waals surface area contributed by atoms with Gasteiger partial charge in [-0.2, -0.15) is 0 Å². The first kappa shape index (κ1) is 15.8. The molecule has 114 valence electrons. The highest BCUT2D eigenvalue weighted by molar-refractivity contribution is 5.91. The maximum atomic E-state index is 11.7. The molecule has 0 fully saturated rings. The summed E-state index contributed by atoms with van der Waals surface area (Å²) in [6.07, 6.45) is 4.55. The molecule has 2 aromatic rings. The Kier molecular flexibility index (Phi) is 5.31. The van der Waals surface area contributed by atoms with Crippen molar-refractivity contribution < 1.29 is 4.79 Å². The van der Waals surface area contributed by atoms with Crippen LogP contribution in [0.25, 0.3) is 0 Å². The molecular weight excluding hydrogens is 274 g/mol. The number of aromatic nitrogens is 2. The van der Waals surface area contributed by atoms with Gasteiger partial charge in [-0.3, -0.25) is 4.79 Å². The minimum absolute atomic E-state index is 0.153. The minimum atomic E-state index is -0.153. The standard InChI is InChI=1S/C18H21N3O/c1-4-8-16-13-21(12-15-9-6-5-7-10-15)17(20-16)11-19-18(22)14(2)3/h4-7,9-10,13H,1-2,8,11-12H2,3H3,(H,19,22). The largest absolute Gasteiger partial charge is 0.345 e. The molecule has 0 aliphatic heterocycles. The highest BCUT2D eigenvalue weighted by Gasteiger charge is 2.10. The Balaban J connectivity index is 2.17. The van der Waals surface area contributed by atoms with Crippen LogP contribution in [0.4, 0.5) is 0 Å². The number of hydrogen-bond donors (Lipinski definition) is 1. The quantitative estimate of drug-likeness (QED) is 0.630. The first-order valence-corrected chi connectivity index (χ1v) is 7.23. The minimum Gasteiger partial charge on any atom is -0.345 e. The van der Waals surface area contributed by atoms with Gasteiger partial charge >= 0.3 is 0 Å². The summed E-state index contributed by atoms with van der Waals surface area (Å²) in [4.78, 5) is 16.2. The number of benzene rings is 1. The van der Waals surface area contributed by atoms with Gasteiger partial charge in [0.1, 0.15) is 5.82 Å². The third-order valence-electron chi connectivity index (χ3n) is 3.25. The number of amides is 1. The van der Waals surface area contributed by atoms with E-state index in [1.165, 1.54) is 5.56 Å². The normalized spacial score (nSPS) is 10.2. The van der Waals surface area contributed by atoms with Crippen LogP contribution in [0, 0.1) is 0 Å². The molecule has 0 spiro atoms. The summed E-state index contributed by atoms with van der Waals surface area (Å²) in [5.41, 5.74) is 2.63. The van der Waals surface area contributed by atoms with Crippen molar-refractivity contribution in [2.75, 3.05) is 0 Å². The van der Waals surface area contributed by atoms with Crippen molar-refractivity contribution in [2.24, 2.45) is 0 Å². The van der Waals surface area contributed by atoms with Gasteiger partial charge in [-0.15, -0.1) is 6.58 Å². The molecule has 0 bridgehead atoms. The molecule has 22 heavy (non-hydrogen) atoms. The zero-order valence-electron chi connectivity index (χ0n) is 12.9. The Morgan fingerprint density at radius 3 is 2.73 bits per heavy atom. The summed E-state index contributed by atoms with van der Waals surface area (Å²) in [6, 6.07) is 10.2. The van der Waals surface area contributed by atoms with Crippen molar-refractivity contribution in [1.29, 1.82) is 0 Å². The van der Waals surface area contributed by atoms with E-state index in [2.05, 4.69) is 40.2 Å². The number of carbonyl (C=O) groups excluding carboxylic acids is 1. The fourth-order valence-corrected chi connectivity index (χ4v) is 2.13. The summed E-state index contributed by atoms with van der Waals surface area (Å²) >= 11 is 0. The third kappa shape index (κ3) is 4.19. The van der Waals surface area contributed by atoms with E-state index in [1.807, 2.05) is 30.5 Å². The van der Waals surface area contributed by atoms with Crippen LogP contribution in [-0.2, 0) is 24.3 Å². The number of carbonyl (C=O) groups is 1. The number of allylic oxidation sites excluding steroid dienone is 1. The Bertz CT molecular complexity index is 671. The smallest absolute Gasteiger partial charge is 0.246 e. The lowest BCUT2D eigenvalue weighted by atomic mass is 10.2. The molecule has 1 N–H and O–H groups in total. The maximum Gasteiger partial charge on any atom is 0.246 e. The van der Waals surface area contributed by atoms with Crippen LogP contribution in [-0.4, -0.2) is 15.5 Å². The highest BCUT2D eigenvalue weighted by atomic mass is 16.1. The van der Waals surface area contributed by atoms with Gasteiger partial charge in [0.15, 0.2) is 0 Å². The van der Waals surface area contributed by atoms with E-state index >= 15 is 0 Å². The van der Waals surface area contributed by atoms with Crippen LogP contribution in [0.15, 0.2) is 61.3 Å². The summed E-state index contributed by atoms with van der Waals surface area (Å²) < 4.78 is 2.06. The van der Waals surface area contributed by atoms with Crippen molar-refractivity contribution in [3.05, 3.63) is 78.4 Å². The van der Waals surface area contributed by atoms with E-state index in [4.69, 9.17) is 0 Å². The molecule has 1 heterocycles. The van der Waals surface area contributed by atoms with E-state index in [1.54, 1.807) is 6.92 Å². The van der Waals surface area contributed by atoms with Gasteiger partial charge in [-0.05, 0) is 12.5 Å². The maximum absolute atomic E-state index is 11.7. The van der Waals surface area contributed by atoms with Crippen molar-refractivity contribution in [3.63, 3.8) is 0 Å². The van der Waals surface area contributed by atoms with Gasteiger partial charge in [0, 0.05) is 24.7 Å². The first-order chi connectivity index (χ1) is 10.6. The average molecular weight is 295 g/mol. The molecule has 0 saturated heterocycles. The molecule has 4 nitrogen and oxygen atoms in total. The van der Waals surface area contributed by atoms with Crippen LogP contribution < -0.4 is 5.32 Å². The summed E-state index contributed by atoms with van der Waals surface area (Å²) in [5, 5.41) is 2.83. The molecule has 2 rings (SSSR count). The monoisotopic (exact) mass is 295 g/mol. The molecule has 0 atom stereocenters. The second-order valence-corrected chi connectivity index (χ2v) is 5.22. The lowest BCUT2D eigenvalue weighted by molar-refractivity contribution is -0.117. The fraction of sp³-hybridized carbons (Fsp3) is 0.222. The van der Waals surface area contributed by atoms with E-state index < -0.39 is 0 Å². The highest BCUT2D eigenvalue weighted by Crippen LogP contribution is 2.09. The van der Waals surface area contributed by atoms with Gasteiger partial charge in [0.05, 0.1) is 12.2 Å². The number of imidazole rings is 1. The van der Waals surface area contributed by atoms with Crippen molar-refractivity contribution >= 4 is 5.91 Å². The van der Waals surface area contributed by atoms with Crippen molar-refractivity contribution in [3.8, 4) is 0 Å². The van der Waals surface area contributed by atoms with Gasteiger partial charge < -0.3 is 9.88 Å². The van der Waals surface area contributed by atoms with Gasteiger partial charge in [0.25, 0.3) is 0 Å². The number of nitrogens with zero attached hydrogens (tertiary/aromatic N) is 2. The molecule has 0 aliphatic rings. The van der Waals surface area contributed by atoms with Crippen LogP contribution in [0.2, 0.25) is 0 Å². The second kappa shape index (κ2) is 7.41. The Morgan fingerprint density at radius 1 is 1.36 bits per heavy atom. The van der Waals surface area contributed by atoms with E-state index in [0.29, 0.717) is 18.5 Å². The van der Waals surface area contributed by atoms with Crippen LogP contribution >= 0.6 is 0 Å². The lowest BCUT2D eigenvalue weighted by Crippen LogP contribution is -2.25. The second-order valence-electron chi connectivity index (χ2n) is 5.22. The predicted octanol–water partition coefficient (Wildman–Crippen LogP) is 2.85. The Morgan fingerprint density at radius 2 is 2.09 bits per heavy atom. The van der Waals surface area contributed by atoms with Gasteiger partial charge in [-0.1, -0.05) is 43.0 Å². The average Bonchev–Trinajstić information content (AvgIpc) is 2.88. The zero-order valence-corrected chi connectivity index (χ0v) is 12.9. The molecule has 4 heteroatoms. The van der Waals surface area contributed by atoms with E-state index in [9.17, 15) is 4.79 Å². The van der Waals surface area contributed by atoms with Gasteiger partial charge in [-0.25, -0.2) is 4.98 Å². The SMILES string of the molecule is C=CCc1cn(Cc2ccccc2)c(CNC(=O)C(=C)C)n1. The zero-order chi connectivity index (χ0) is 15.9. The molecule has 0 saturated carbocycles. The molecule has 0 unspecified atom stereocenters. The summed E-state index contributed by atoms with van der Waals surface area (Å²) in [6.45, 7) is 10.2. The number of hydrogen-bond acceptors (Lipinski definition) is 2. The summed E-state index contributed by atoms with van der Waals surface area (Å²) in [7, 11) is 0.